The number of halogens is 3. The van der Waals surface area contributed by atoms with E-state index in [9.17, 15) is 32.7 Å². The Morgan fingerprint density at radius 2 is 1.94 bits per heavy atom. The topological polar surface area (TPSA) is 91.6 Å². The molecule has 7 nitrogen and oxygen atoms in total. The maximum Gasteiger partial charge on any atom is 0.275 e. The second kappa shape index (κ2) is 6.60. The van der Waals surface area contributed by atoms with Gasteiger partial charge in [0.1, 0.15) is 5.56 Å². The summed E-state index contributed by atoms with van der Waals surface area (Å²) < 4.78 is 41.6. The van der Waals surface area contributed by atoms with E-state index in [0.717, 1.165) is 18.6 Å². The molecule has 1 saturated heterocycles. The van der Waals surface area contributed by atoms with Crippen LogP contribution < -0.4 is 10.7 Å². The first-order chi connectivity index (χ1) is 14.7. The molecular weight excluding hydrogens is 415 g/mol. The molecule has 1 aromatic carbocycles. The number of nitrogens with one attached hydrogen (secondary N) is 1. The minimum Gasteiger partial charge on any atom is -0.503 e. The molecule has 1 aliphatic carbocycles. The number of aromatic nitrogens is 1. The summed E-state index contributed by atoms with van der Waals surface area (Å²) in [7, 11) is 0. The number of hydrogen-bond acceptors (Lipinski definition) is 4. The monoisotopic (exact) mass is 433 g/mol. The molecule has 1 aromatic heterocycles. The molecular formula is C21H18F3N3O4. The van der Waals surface area contributed by atoms with E-state index in [4.69, 9.17) is 0 Å². The molecule has 162 valence electrons. The Hall–Kier alpha value is -3.30. The third kappa shape index (κ3) is 2.77. The number of amides is 2. The maximum absolute atomic E-state index is 13.8. The Morgan fingerprint density at radius 3 is 2.68 bits per heavy atom. The highest BCUT2D eigenvalue weighted by molar-refractivity contribution is 5.99. The molecule has 2 aromatic rings. The largest absolute Gasteiger partial charge is 0.503 e. The molecule has 31 heavy (non-hydrogen) atoms. The first-order valence-electron chi connectivity index (χ1n) is 9.90. The quantitative estimate of drug-likeness (QED) is 0.722. The summed E-state index contributed by atoms with van der Waals surface area (Å²) in [5, 5.41) is 12.7. The molecule has 0 spiro atoms. The number of nitrogens with zero attached hydrogens (tertiary/aromatic N) is 2. The second-order valence-corrected chi connectivity index (χ2v) is 8.34. The zero-order valence-electron chi connectivity index (χ0n) is 16.4. The van der Waals surface area contributed by atoms with Crippen LogP contribution in [-0.4, -0.2) is 38.5 Å². The molecule has 0 bridgehead atoms. The molecule has 4 atom stereocenters. The van der Waals surface area contributed by atoms with E-state index in [-0.39, 0.29) is 29.3 Å². The van der Waals surface area contributed by atoms with Crippen LogP contribution in [0.5, 0.6) is 5.75 Å². The van der Waals surface area contributed by atoms with Crippen LogP contribution in [0.25, 0.3) is 0 Å². The highest BCUT2D eigenvalue weighted by Crippen LogP contribution is 2.53. The minimum absolute atomic E-state index is 0.0853. The van der Waals surface area contributed by atoms with Crippen LogP contribution in [0.3, 0.4) is 0 Å². The third-order valence-corrected chi connectivity index (χ3v) is 6.68. The van der Waals surface area contributed by atoms with Gasteiger partial charge in [-0.25, -0.2) is 13.2 Å². The summed E-state index contributed by atoms with van der Waals surface area (Å²) in [5.74, 6) is -5.97. The lowest BCUT2D eigenvalue weighted by Gasteiger charge is -2.37. The lowest BCUT2D eigenvalue weighted by atomic mass is 9.96. The van der Waals surface area contributed by atoms with Gasteiger partial charge in [0.05, 0.1) is 6.04 Å². The van der Waals surface area contributed by atoms with Gasteiger partial charge in [-0.3, -0.25) is 14.4 Å². The van der Waals surface area contributed by atoms with Crippen molar-refractivity contribution in [3.8, 4) is 5.75 Å². The van der Waals surface area contributed by atoms with E-state index in [2.05, 4.69) is 12.2 Å². The number of carbonyl (C=O) groups excluding carboxylic acids is 2. The second-order valence-electron chi connectivity index (χ2n) is 8.34. The number of benzene rings is 1. The van der Waals surface area contributed by atoms with Gasteiger partial charge < -0.3 is 19.9 Å². The summed E-state index contributed by atoms with van der Waals surface area (Å²) >= 11 is 0. The predicted octanol–water partition coefficient (Wildman–Crippen LogP) is 1.76. The number of carbonyl (C=O) groups is 2. The molecule has 2 amide bonds. The smallest absolute Gasteiger partial charge is 0.275 e. The third-order valence-electron chi connectivity index (χ3n) is 6.68. The molecule has 10 heteroatoms. The molecule has 5 rings (SSSR count). The lowest BCUT2D eigenvalue weighted by molar-refractivity contribution is 0.0577. The number of piperidine rings is 1. The SMILES string of the molecule is C[C@H]1C2C[C@H]2N2C(=O)c3c(O)c(=O)c(C(=O)NCc4ccc(F)c(F)c4F)cn3C[C@@H]12. The predicted molar refractivity (Wildman–Crippen MR) is 101 cm³/mol. The molecule has 1 unspecified atom stereocenters. The normalized spacial score (nSPS) is 25.7. The van der Waals surface area contributed by atoms with Gasteiger partial charge in [0.15, 0.2) is 28.9 Å². The van der Waals surface area contributed by atoms with E-state index in [0.29, 0.717) is 12.5 Å². The van der Waals surface area contributed by atoms with E-state index in [1.807, 2.05) is 0 Å². The van der Waals surface area contributed by atoms with Gasteiger partial charge in [-0.05, 0) is 24.3 Å². The van der Waals surface area contributed by atoms with Crippen LogP contribution in [0, 0.1) is 29.3 Å². The molecule has 2 N–H and O–H groups in total. The molecule has 2 fully saturated rings. The van der Waals surface area contributed by atoms with Crippen molar-refractivity contribution in [2.45, 2.75) is 38.5 Å². The summed E-state index contributed by atoms with van der Waals surface area (Å²) in [6.07, 6.45) is 2.12. The molecule has 2 aliphatic heterocycles. The van der Waals surface area contributed by atoms with E-state index < -0.39 is 52.6 Å². The van der Waals surface area contributed by atoms with Crippen molar-refractivity contribution in [1.82, 2.24) is 14.8 Å². The van der Waals surface area contributed by atoms with Crippen molar-refractivity contribution in [3.63, 3.8) is 0 Å². The van der Waals surface area contributed by atoms with E-state index >= 15 is 0 Å². The number of hydrogen-bond donors (Lipinski definition) is 2. The Labute approximate surface area is 174 Å². The number of fused-ring (bicyclic) bond motifs is 4. The van der Waals surface area contributed by atoms with Crippen LogP contribution in [0.1, 0.15) is 39.8 Å². The molecule has 3 heterocycles. The Kier molecular flexibility index (Phi) is 4.18. The van der Waals surface area contributed by atoms with Crippen molar-refractivity contribution in [2.24, 2.45) is 11.8 Å². The van der Waals surface area contributed by atoms with E-state index in [1.54, 1.807) is 4.90 Å². The van der Waals surface area contributed by atoms with Crippen molar-refractivity contribution < 1.29 is 27.9 Å². The zero-order valence-corrected chi connectivity index (χ0v) is 16.4. The van der Waals surface area contributed by atoms with E-state index in [1.165, 1.54) is 10.8 Å². The number of aromatic hydroxyl groups is 1. The van der Waals surface area contributed by atoms with Gasteiger partial charge in [0.2, 0.25) is 5.43 Å². The molecule has 1 saturated carbocycles. The fraction of sp³-hybridized carbons (Fsp3) is 0.381. The molecule has 0 radical (unpaired) electrons. The lowest BCUT2D eigenvalue weighted by Crippen LogP contribution is -2.49. The van der Waals surface area contributed by atoms with Crippen LogP contribution in [0.15, 0.2) is 23.1 Å². The average Bonchev–Trinajstić information content (AvgIpc) is 3.47. The zero-order chi connectivity index (χ0) is 22.2. The molecule has 3 aliphatic rings. The van der Waals surface area contributed by atoms with Gasteiger partial charge in [-0.1, -0.05) is 13.0 Å². The highest BCUT2D eigenvalue weighted by atomic mass is 19.2. The summed E-state index contributed by atoms with van der Waals surface area (Å²) in [6.45, 7) is 1.89. The van der Waals surface area contributed by atoms with Crippen molar-refractivity contribution in [1.29, 1.82) is 0 Å². The number of rotatable bonds is 3. The van der Waals surface area contributed by atoms with Crippen molar-refractivity contribution in [2.75, 3.05) is 0 Å². The van der Waals surface area contributed by atoms with Crippen LogP contribution in [0.2, 0.25) is 0 Å². The fourth-order valence-corrected chi connectivity index (χ4v) is 4.90. The first-order valence-corrected chi connectivity index (χ1v) is 9.90. The summed E-state index contributed by atoms with van der Waals surface area (Å²) in [4.78, 5) is 39.8. The summed E-state index contributed by atoms with van der Waals surface area (Å²) in [5.41, 5.74) is -1.91. The van der Waals surface area contributed by atoms with Gasteiger partial charge >= 0.3 is 0 Å². The first kappa shape index (κ1) is 19.7. The minimum atomic E-state index is -1.66. The number of pyridine rings is 1. The fourth-order valence-electron chi connectivity index (χ4n) is 4.90. The Morgan fingerprint density at radius 1 is 1.19 bits per heavy atom. The van der Waals surface area contributed by atoms with Crippen molar-refractivity contribution in [3.05, 3.63) is 62.8 Å². The Bertz CT molecular complexity index is 1210. The maximum atomic E-state index is 13.8. The van der Waals surface area contributed by atoms with Gasteiger partial charge in [-0.2, -0.15) is 0 Å². The average molecular weight is 433 g/mol. The van der Waals surface area contributed by atoms with Crippen LogP contribution in [-0.2, 0) is 13.1 Å². The van der Waals surface area contributed by atoms with Crippen molar-refractivity contribution >= 4 is 11.8 Å². The van der Waals surface area contributed by atoms with Gasteiger partial charge in [0.25, 0.3) is 11.8 Å². The van der Waals surface area contributed by atoms with Crippen LogP contribution in [0.4, 0.5) is 13.2 Å². The highest BCUT2D eigenvalue weighted by Gasteiger charge is 2.60. The van der Waals surface area contributed by atoms with Gasteiger partial charge in [-0.15, -0.1) is 0 Å². The van der Waals surface area contributed by atoms with Gasteiger partial charge in [0, 0.05) is 30.9 Å². The van der Waals surface area contributed by atoms with Crippen LogP contribution >= 0.6 is 0 Å². The summed E-state index contributed by atoms with van der Waals surface area (Å²) in [6, 6.07) is 1.75. The Balaban J connectivity index is 1.44. The standard InChI is InChI=1S/C21H18F3N3O4/c1-8-10-4-13(10)27-14(8)7-26-6-11(18(28)19(29)17(26)21(27)31)20(30)25-5-9-2-3-12(22)16(24)15(9)23/h2-3,6,8,10,13-14,29H,4-5,7H2,1H3,(H,25,30)/t8-,10?,13+,14-/m0/s1.